The second kappa shape index (κ2) is 6.35. The van der Waals surface area contributed by atoms with Crippen LogP contribution in [-0.2, 0) is 14.8 Å². The Kier molecular flexibility index (Phi) is 5.39. The largest absolute Gasteiger partial charge is 0.355 e. The van der Waals surface area contributed by atoms with Crippen LogP contribution >= 0.6 is 0 Å². The highest BCUT2D eigenvalue weighted by Gasteiger charge is 2.23. The van der Waals surface area contributed by atoms with Gasteiger partial charge in [-0.1, -0.05) is 20.3 Å². The molecule has 100 valence electrons. The van der Waals surface area contributed by atoms with E-state index in [4.69, 9.17) is 0 Å². The van der Waals surface area contributed by atoms with E-state index in [0.29, 0.717) is 13.1 Å². The number of carbonyl (C=O) groups excluding carboxylic acids is 1. The van der Waals surface area contributed by atoms with Gasteiger partial charge < -0.3 is 5.32 Å². The number of hydrogen-bond donors (Lipinski definition) is 1. The Bertz CT molecular complexity index is 346. The van der Waals surface area contributed by atoms with Crippen molar-refractivity contribution in [2.24, 2.45) is 5.92 Å². The molecule has 1 saturated heterocycles. The van der Waals surface area contributed by atoms with Gasteiger partial charge in [0.25, 0.3) is 0 Å². The molecule has 0 spiro atoms. The lowest BCUT2D eigenvalue weighted by Gasteiger charge is -2.25. The van der Waals surface area contributed by atoms with Crippen LogP contribution in [0.3, 0.4) is 0 Å². The summed E-state index contributed by atoms with van der Waals surface area (Å²) < 4.78 is 25.4. The topological polar surface area (TPSA) is 66.5 Å². The molecule has 1 heterocycles. The Morgan fingerprint density at radius 1 is 1.24 bits per heavy atom. The van der Waals surface area contributed by atoms with Gasteiger partial charge in [0.1, 0.15) is 0 Å². The van der Waals surface area contributed by atoms with E-state index in [2.05, 4.69) is 5.32 Å². The van der Waals surface area contributed by atoms with Gasteiger partial charge in [-0.25, -0.2) is 12.7 Å². The van der Waals surface area contributed by atoms with Gasteiger partial charge >= 0.3 is 0 Å². The zero-order chi connectivity index (χ0) is 12.9. The first kappa shape index (κ1) is 14.4. The standard InChI is InChI=1S/C11H22N2O3S/c1-10(2)11(14)12-6-9-17(15,16)13-7-4-3-5-8-13/h10H,3-9H2,1-2H3,(H,12,14). The minimum atomic E-state index is -3.19. The van der Waals surface area contributed by atoms with Crippen LogP contribution in [0.1, 0.15) is 33.1 Å². The molecule has 0 unspecified atom stereocenters. The van der Waals surface area contributed by atoms with Crippen molar-refractivity contribution >= 4 is 15.9 Å². The predicted octanol–water partition coefficient (Wildman–Crippen LogP) is 0.574. The third kappa shape index (κ3) is 4.63. The summed E-state index contributed by atoms with van der Waals surface area (Å²) in [6, 6.07) is 0. The van der Waals surface area contributed by atoms with Crippen LogP contribution in [0.5, 0.6) is 0 Å². The van der Waals surface area contributed by atoms with Crippen LogP contribution < -0.4 is 5.32 Å². The van der Waals surface area contributed by atoms with Crippen LogP contribution in [-0.4, -0.2) is 44.0 Å². The molecule has 1 aliphatic rings. The minimum Gasteiger partial charge on any atom is -0.355 e. The second-order valence-electron chi connectivity index (χ2n) is 4.72. The monoisotopic (exact) mass is 262 g/mol. The van der Waals surface area contributed by atoms with Gasteiger partial charge in [0.15, 0.2) is 0 Å². The maximum absolute atomic E-state index is 11.9. The minimum absolute atomic E-state index is 0.00542. The third-order valence-electron chi connectivity index (χ3n) is 2.89. The van der Waals surface area contributed by atoms with Crippen molar-refractivity contribution < 1.29 is 13.2 Å². The van der Waals surface area contributed by atoms with E-state index in [0.717, 1.165) is 19.3 Å². The van der Waals surface area contributed by atoms with E-state index in [-0.39, 0.29) is 24.1 Å². The number of amides is 1. The summed E-state index contributed by atoms with van der Waals surface area (Å²) >= 11 is 0. The van der Waals surface area contributed by atoms with Gasteiger partial charge in [-0.15, -0.1) is 0 Å². The Morgan fingerprint density at radius 3 is 2.35 bits per heavy atom. The fourth-order valence-electron chi connectivity index (χ4n) is 1.78. The van der Waals surface area contributed by atoms with Crippen molar-refractivity contribution in [2.45, 2.75) is 33.1 Å². The number of piperidine rings is 1. The van der Waals surface area contributed by atoms with Gasteiger partial charge in [-0.05, 0) is 12.8 Å². The van der Waals surface area contributed by atoms with Gasteiger partial charge in [0.05, 0.1) is 5.75 Å². The summed E-state index contributed by atoms with van der Waals surface area (Å²) in [7, 11) is -3.19. The molecule has 6 heteroatoms. The lowest BCUT2D eigenvalue weighted by Crippen LogP contribution is -2.40. The second-order valence-corrected chi connectivity index (χ2v) is 6.81. The van der Waals surface area contributed by atoms with Crippen molar-refractivity contribution in [1.82, 2.24) is 9.62 Å². The molecule has 5 nitrogen and oxygen atoms in total. The fraction of sp³-hybridized carbons (Fsp3) is 0.909. The highest BCUT2D eigenvalue weighted by Crippen LogP contribution is 2.12. The maximum atomic E-state index is 11.9. The van der Waals surface area contributed by atoms with E-state index in [1.54, 1.807) is 13.8 Å². The van der Waals surface area contributed by atoms with Crippen molar-refractivity contribution in [2.75, 3.05) is 25.4 Å². The lowest BCUT2D eigenvalue weighted by atomic mass is 10.2. The number of rotatable bonds is 5. The molecule has 0 aliphatic carbocycles. The molecule has 0 bridgehead atoms. The quantitative estimate of drug-likeness (QED) is 0.788. The molecule has 1 N–H and O–H groups in total. The highest BCUT2D eigenvalue weighted by molar-refractivity contribution is 7.89. The smallest absolute Gasteiger partial charge is 0.222 e. The average molecular weight is 262 g/mol. The van der Waals surface area contributed by atoms with Gasteiger partial charge in [-0.2, -0.15) is 0 Å². The Morgan fingerprint density at radius 2 is 1.82 bits per heavy atom. The van der Waals surface area contributed by atoms with Gasteiger partial charge in [-0.3, -0.25) is 4.79 Å². The maximum Gasteiger partial charge on any atom is 0.222 e. The molecule has 1 aliphatic heterocycles. The summed E-state index contributed by atoms with van der Waals surface area (Å²) in [6.07, 6.45) is 2.99. The first-order chi connectivity index (χ1) is 7.93. The van der Waals surface area contributed by atoms with Crippen LogP contribution in [0.25, 0.3) is 0 Å². The third-order valence-corrected chi connectivity index (χ3v) is 4.76. The van der Waals surface area contributed by atoms with Crippen molar-refractivity contribution in [1.29, 1.82) is 0 Å². The molecule has 1 amide bonds. The molecule has 17 heavy (non-hydrogen) atoms. The first-order valence-electron chi connectivity index (χ1n) is 6.19. The number of nitrogens with one attached hydrogen (secondary N) is 1. The van der Waals surface area contributed by atoms with E-state index >= 15 is 0 Å². The summed E-state index contributed by atoms with van der Waals surface area (Å²) in [5, 5.41) is 2.63. The van der Waals surface area contributed by atoms with E-state index < -0.39 is 10.0 Å². The molecule has 0 aromatic carbocycles. The van der Waals surface area contributed by atoms with Crippen molar-refractivity contribution in [3.05, 3.63) is 0 Å². The number of hydrogen-bond acceptors (Lipinski definition) is 3. The Hall–Kier alpha value is -0.620. The summed E-state index contributed by atoms with van der Waals surface area (Å²) in [4.78, 5) is 11.3. The van der Waals surface area contributed by atoms with Crippen molar-refractivity contribution in [3.8, 4) is 0 Å². The van der Waals surface area contributed by atoms with Gasteiger partial charge in [0.2, 0.25) is 15.9 Å². The van der Waals surface area contributed by atoms with Crippen LogP contribution in [0.15, 0.2) is 0 Å². The molecule has 0 saturated carbocycles. The summed E-state index contributed by atoms with van der Waals surface area (Å²) in [6.45, 7) is 5.03. The predicted molar refractivity (Wildman–Crippen MR) is 67.1 cm³/mol. The molecular weight excluding hydrogens is 240 g/mol. The van der Waals surface area contributed by atoms with E-state index in [1.165, 1.54) is 4.31 Å². The zero-order valence-electron chi connectivity index (χ0n) is 10.6. The normalized spacial score (nSPS) is 18.3. The molecule has 1 rings (SSSR count). The molecular formula is C11H22N2O3S. The molecule has 0 aromatic heterocycles. The molecule has 0 radical (unpaired) electrons. The molecule has 1 fully saturated rings. The van der Waals surface area contributed by atoms with Crippen LogP contribution in [0.2, 0.25) is 0 Å². The summed E-state index contributed by atoms with van der Waals surface area (Å²) in [5.41, 5.74) is 0. The number of carbonyl (C=O) groups is 1. The van der Waals surface area contributed by atoms with E-state index in [9.17, 15) is 13.2 Å². The van der Waals surface area contributed by atoms with Gasteiger partial charge in [0, 0.05) is 25.6 Å². The van der Waals surface area contributed by atoms with E-state index in [1.807, 2.05) is 0 Å². The zero-order valence-corrected chi connectivity index (χ0v) is 11.4. The SMILES string of the molecule is CC(C)C(=O)NCCS(=O)(=O)N1CCCCC1. The summed E-state index contributed by atoms with van der Waals surface area (Å²) in [5.74, 6) is -0.197. The molecule has 0 atom stereocenters. The van der Waals surface area contributed by atoms with Crippen molar-refractivity contribution in [3.63, 3.8) is 0 Å². The molecule has 0 aromatic rings. The Labute approximate surface area is 104 Å². The van der Waals surface area contributed by atoms with Crippen LogP contribution in [0.4, 0.5) is 0 Å². The highest BCUT2D eigenvalue weighted by atomic mass is 32.2. The van der Waals surface area contributed by atoms with Crippen LogP contribution in [0, 0.1) is 5.92 Å². The lowest BCUT2D eigenvalue weighted by molar-refractivity contribution is -0.123. The number of sulfonamides is 1. The first-order valence-corrected chi connectivity index (χ1v) is 7.80. The fourth-order valence-corrected chi connectivity index (χ4v) is 3.21. The number of nitrogens with zero attached hydrogens (tertiary/aromatic N) is 1. The average Bonchev–Trinajstić information content (AvgIpc) is 2.29. The Balaban J connectivity index is 2.36.